The first-order chi connectivity index (χ1) is 8.58. The summed E-state index contributed by atoms with van der Waals surface area (Å²) in [6, 6.07) is 0.287. The van der Waals surface area contributed by atoms with Gasteiger partial charge in [0.1, 0.15) is 0 Å². The fourth-order valence-corrected chi connectivity index (χ4v) is 2.43. The highest BCUT2D eigenvalue weighted by Crippen LogP contribution is 2.23. The van der Waals surface area contributed by atoms with Gasteiger partial charge in [0.25, 0.3) is 0 Å². The lowest BCUT2D eigenvalue weighted by Gasteiger charge is -2.25. The second kappa shape index (κ2) is 5.52. The number of rotatable bonds is 3. The van der Waals surface area contributed by atoms with Crippen molar-refractivity contribution in [1.82, 2.24) is 15.1 Å². The highest BCUT2D eigenvalue weighted by atomic mass is 16.1. The lowest BCUT2D eigenvalue weighted by atomic mass is 9.86. The van der Waals surface area contributed by atoms with Crippen molar-refractivity contribution in [1.29, 1.82) is 0 Å². The van der Waals surface area contributed by atoms with Crippen molar-refractivity contribution in [3.05, 3.63) is 17.5 Å². The molecule has 0 aromatic carbocycles. The number of nitrogens with zero attached hydrogens (tertiary/aromatic N) is 2. The normalized spacial score (nSPS) is 23.9. The Hall–Kier alpha value is -1.36. The van der Waals surface area contributed by atoms with Gasteiger partial charge in [-0.1, -0.05) is 0 Å². The minimum Gasteiger partial charge on any atom is -0.352 e. The molecule has 100 valence electrons. The fourth-order valence-electron chi connectivity index (χ4n) is 2.43. The lowest BCUT2D eigenvalue weighted by molar-refractivity contribution is -0.126. The molecule has 1 aromatic rings. The van der Waals surface area contributed by atoms with Crippen LogP contribution in [0.3, 0.4) is 0 Å². The van der Waals surface area contributed by atoms with Gasteiger partial charge >= 0.3 is 0 Å². The quantitative estimate of drug-likeness (QED) is 0.835. The van der Waals surface area contributed by atoms with Crippen molar-refractivity contribution in [2.45, 2.75) is 45.2 Å². The van der Waals surface area contributed by atoms with Gasteiger partial charge < -0.3 is 11.1 Å². The van der Waals surface area contributed by atoms with Crippen molar-refractivity contribution in [2.75, 3.05) is 0 Å². The number of amides is 1. The van der Waals surface area contributed by atoms with Crippen LogP contribution in [0.15, 0.2) is 6.20 Å². The molecule has 3 N–H and O–H groups in total. The molecule has 0 aliphatic heterocycles. The summed E-state index contributed by atoms with van der Waals surface area (Å²) in [6.07, 6.45) is 5.57. The summed E-state index contributed by atoms with van der Waals surface area (Å²) >= 11 is 0. The van der Waals surface area contributed by atoms with Crippen LogP contribution in [0.5, 0.6) is 0 Å². The van der Waals surface area contributed by atoms with Gasteiger partial charge in [-0.25, -0.2) is 0 Å². The molecule has 0 saturated heterocycles. The lowest BCUT2D eigenvalue weighted by Crippen LogP contribution is -2.36. The Morgan fingerprint density at radius 3 is 2.72 bits per heavy atom. The summed E-state index contributed by atoms with van der Waals surface area (Å²) < 4.78 is 1.82. The van der Waals surface area contributed by atoms with Crippen LogP contribution in [0.4, 0.5) is 0 Å². The smallest absolute Gasteiger partial charge is 0.223 e. The second-order valence-corrected chi connectivity index (χ2v) is 5.21. The van der Waals surface area contributed by atoms with Gasteiger partial charge in [-0.05, 0) is 32.6 Å². The van der Waals surface area contributed by atoms with Crippen LogP contribution in [0.1, 0.15) is 36.9 Å². The zero-order valence-corrected chi connectivity index (χ0v) is 11.1. The van der Waals surface area contributed by atoms with Gasteiger partial charge in [0.05, 0.1) is 6.20 Å². The standard InChI is InChI=1S/C13H22N4O/c1-9-11(8-16-17(9)2)7-15-13(18)10-3-5-12(14)6-4-10/h8,10,12H,3-7,14H2,1-2H3,(H,15,18). The van der Waals surface area contributed by atoms with E-state index < -0.39 is 0 Å². The van der Waals surface area contributed by atoms with Crippen LogP contribution in [-0.4, -0.2) is 21.7 Å². The molecule has 1 aromatic heterocycles. The van der Waals surface area contributed by atoms with Crippen LogP contribution < -0.4 is 11.1 Å². The largest absolute Gasteiger partial charge is 0.352 e. The number of aromatic nitrogens is 2. The van der Waals surface area contributed by atoms with Crippen molar-refractivity contribution >= 4 is 5.91 Å². The summed E-state index contributed by atoms with van der Waals surface area (Å²) in [4.78, 5) is 12.0. The molecule has 1 aliphatic rings. The van der Waals surface area contributed by atoms with Crippen LogP contribution in [0, 0.1) is 12.8 Å². The van der Waals surface area contributed by atoms with E-state index in [9.17, 15) is 4.79 Å². The zero-order valence-electron chi connectivity index (χ0n) is 11.1. The predicted molar refractivity (Wildman–Crippen MR) is 69.7 cm³/mol. The van der Waals surface area contributed by atoms with Crippen molar-refractivity contribution in [2.24, 2.45) is 18.7 Å². The highest BCUT2D eigenvalue weighted by Gasteiger charge is 2.24. The fraction of sp³-hybridized carbons (Fsp3) is 0.692. The maximum Gasteiger partial charge on any atom is 0.223 e. The Morgan fingerprint density at radius 2 is 2.17 bits per heavy atom. The van der Waals surface area contributed by atoms with Gasteiger partial charge in [0.2, 0.25) is 5.91 Å². The average molecular weight is 250 g/mol. The van der Waals surface area contributed by atoms with Gasteiger partial charge in [-0.15, -0.1) is 0 Å². The molecule has 0 spiro atoms. The van der Waals surface area contributed by atoms with Gasteiger partial charge in [0.15, 0.2) is 0 Å². The molecule has 0 radical (unpaired) electrons. The summed E-state index contributed by atoms with van der Waals surface area (Å²) in [6.45, 7) is 2.58. The first-order valence-electron chi connectivity index (χ1n) is 6.58. The topological polar surface area (TPSA) is 72.9 Å². The van der Waals surface area contributed by atoms with E-state index in [0.717, 1.165) is 36.9 Å². The van der Waals surface area contributed by atoms with Gasteiger partial charge in [-0.3, -0.25) is 9.48 Å². The minimum absolute atomic E-state index is 0.141. The first kappa shape index (κ1) is 13.1. The van der Waals surface area contributed by atoms with E-state index in [1.807, 2.05) is 24.9 Å². The zero-order chi connectivity index (χ0) is 13.1. The second-order valence-electron chi connectivity index (χ2n) is 5.21. The summed E-state index contributed by atoms with van der Waals surface area (Å²) in [5.74, 6) is 0.298. The maximum atomic E-state index is 12.0. The first-order valence-corrected chi connectivity index (χ1v) is 6.58. The Bertz CT molecular complexity index is 419. The van der Waals surface area contributed by atoms with Crippen LogP contribution in [0.25, 0.3) is 0 Å². The van der Waals surface area contributed by atoms with E-state index in [1.165, 1.54) is 0 Å². The molecule has 1 fully saturated rings. The summed E-state index contributed by atoms with van der Waals surface area (Å²) in [5.41, 5.74) is 8.02. The van der Waals surface area contributed by atoms with E-state index in [2.05, 4.69) is 10.4 Å². The molecule has 1 aliphatic carbocycles. The average Bonchev–Trinajstić information content (AvgIpc) is 2.68. The van der Waals surface area contributed by atoms with Crippen LogP contribution in [0.2, 0.25) is 0 Å². The molecule has 0 atom stereocenters. The van der Waals surface area contributed by atoms with Crippen LogP contribution >= 0.6 is 0 Å². The maximum absolute atomic E-state index is 12.0. The van der Waals surface area contributed by atoms with E-state index in [1.54, 1.807) is 0 Å². The molecule has 1 saturated carbocycles. The van der Waals surface area contributed by atoms with E-state index >= 15 is 0 Å². The van der Waals surface area contributed by atoms with E-state index in [0.29, 0.717) is 6.54 Å². The number of hydrogen-bond acceptors (Lipinski definition) is 3. The number of aryl methyl sites for hydroxylation is 1. The third kappa shape index (κ3) is 2.90. The Kier molecular flexibility index (Phi) is 4.01. The summed E-state index contributed by atoms with van der Waals surface area (Å²) in [7, 11) is 1.91. The monoisotopic (exact) mass is 250 g/mol. The number of carbonyl (C=O) groups excluding carboxylic acids is 1. The van der Waals surface area contributed by atoms with Gasteiger partial charge in [-0.2, -0.15) is 5.10 Å². The number of nitrogens with one attached hydrogen (secondary N) is 1. The molecule has 1 heterocycles. The van der Waals surface area contributed by atoms with Crippen molar-refractivity contribution in [3.8, 4) is 0 Å². The molecule has 0 unspecified atom stereocenters. The molecular formula is C13H22N4O. The minimum atomic E-state index is 0.141. The third-order valence-electron chi connectivity index (χ3n) is 3.93. The number of nitrogens with two attached hydrogens (primary N) is 1. The van der Waals surface area contributed by atoms with E-state index in [-0.39, 0.29) is 17.9 Å². The Morgan fingerprint density at radius 1 is 1.50 bits per heavy atom. The van der Waals surface area contributed by atoms with Crippen molar-refractivity contribution < 1.29 is 4.79 Å². The molecule has 1 amide bonds. The molecule has 5 nitrogen and oxygen atoms in total. The van der Waals surface area contributed by atoms with Gasteiger partial charge in [0, 0.05) is 36.8 Å². The highest BCUT2D eigenvalue weighted by molar-refractivity contribution is 5.78. The molecule has 18 heavy (non-hydrogen) atoms. The SMILES string of the molecule is Cc1c(CNC(=O)C2CCC(N)CC2)cnn1C. The Balaban J connectivity index is 1.83. The molecule has 5 heteroatoms. The van der Waals surface area contributed by atoms with Crippen LogP contribution in [-0.2, 0) is 18.4 Å². The third-order valence-corrected chi connectivity index (χ3v) is 3.93. The Labute approximate surface area is 108 Å². The number of hydrogen-bond donors (Lipinski definition) is 2. The molecule has 2 rings (SSSR count). The molecular weight excluding hydrogens is 228 g/mol. The predicted octanol–water partition coefficient (Wildman–Crippen LogP) is 0.862. The summed E-state index contributed by atoms with van der Waals surface area (Å²) in [5, 5.41) is 7.17. The van der Waals surface area contributed by atoms with E-state index in [4.69, 9.17) is 5.73 Å². The number of carbonyl (C=O) groups is 1. The van der Waals surface area contributed by atoms with Crippen molar-refractivity contribution in [3.63, 3.8) is 0 Å². The molecule has 0 bridgehead atoms.